The molecule has 0 aliphatic carbocycles. The molecule has 27 heavy (non-hydrogen) atoms. The molecule has 2 saturated heterocycles. The largest absolute Gasteiger partial charge is 0.378 e. The first-order valence-corrected chi connectivity index (χ1v) is 10.7. The van der Waals surface area contributed by atoms with Crippen LogP contribution in [0.15, 0.2) is 29.2 Å². The molecule has 1 unspecified atom stereocenters. The van der Waals surface area contributed by atoms with E-state index in [9.17, 15) is 18.0 Å². The number of ether oxygens (including phenoxy) is 1. The van der Waals surface area contributed by atoms with E-state index in [1.165, 1.54) is 15.3 Å². The third-order valence-corrected chi connectivity index (χ3v) is 7.36. The number of piperidine rings is 1. The summed E-state index contributed by atoms with van der Waals surface area (Å²) in [7, 11) is -3.78. The molecule has 0 radical (unpaired) electrons. The predicted octanol–water partition coefficient (Wildman–Crippen LogP) is 0.435. The Labute approximate surface area is 158 Å². The lowest BCUT2D eigenvalue weighted by Crippen LogP contribution is -2.53. The maximum atomic E-state index is 13.3. The summed E-state index contributed by atoms with van der Waals surface area (Å²) in [6, 6.07) is 5.72. The van der Waals surface area contributed by atoms with Gasteiger partial charge in [0.1, 0.15) is 17.5 Å². The van der Waals surface area contributed by atoms with Crippen LogP contribution in [0.3, 0.4) is 0 Å². The van der Waals surface area contributed by atoms with Gasteiger partial charge in [-0.05, 0) is 25.0 Å². The number of carbonyl (C=O) groups is 2. The first-order valence-electron chi connectivity index (χ1n) is 9.28. The van der Waals surface area contributed by atoms with Crippen molar-refractivity contribution in [3.63, 3.8) is 0 Å². The van der Waals surface area contributed by atoms with Crippen molar-refractivity contribution in [2.75, 3.05) is 44.3 Å². The number of morpholine rings is 1. The Morgan fingerprint density at radius 1 is 1.11 bits per heavy atom. The topological polar surface area (TPSA) is 87.2 Å². The van der Waals surface area contributed by atoms with E-state index in [1.54, 1.807) is 23.1 Å². The van der Waals surface area contributed by atoms with E-state index >= 15 is 0 Å². The summed E-state index contributed by atoms with van der Waals surface area (Å²) in [6.07, 6.45) is 2.01. The van der Waals surface area contributed by atoms with Crippen LogP contribution in [0.5, 0.6) is 0 Å². The Morgan fingerprint density at radius 3 is 2.63 bits per heavy atom. The summed E-state index contributed by atoms with van der Waals surface area (Å²) in [6.45, 7) is 2.09. The molecule has 9 heteroatoms. The molecule has 2 fully saturated rings. The van der Waals surface area contributed by atoms with Gasteiger partial charge in [0, 0.05) is 19.6 Å². The van der Waals surface area contributed by atoms with Gasteiger partial charge in [0.05, 0.1) is 18.9 Å². The maximum absolute atomic E-state index is 13.3. The van der Waals surface area contributed by atoms with E-state index in [1.807, 2.05) is 0 Å². The molecule has 1 aromatic rings. The lowest BCUT2D eigenvalue weighted by atomic mass is 10.0. The number of benzene rings is 1. The van der Waals surface area contributed by atoms with E-state index in [-0.39, 0.29) is 23.3 Å². The maximum Gasteiger partial charge on any atom is 0.245 e. The molecule has 2 amide bonds. The van der Waals surface area contributed by atoms with Crippen LogP contribution in [0.1, 0.15) is 19.3 Å². The first-order chi connectivity index (χ1) is 13.0. The van der Waals surface area contributed by atoms with Crippen molar-refractivity contribution < 1.29 is 22.7 Å². The van der Waals surface area contributed by atoms with Crippen molar-refractivity contribution in [3.8, 4) is 0 Å². The second-order valence-electron chi connectivity index (χ2n) is 7.01. The fraction of sp³-hybridized carbons (Fsp3) is 0.556. The number of fused-ring (bicyclic) bond motifs is 2. The zero-order valence-electron chi connectivity index (χ0n) is 15.0. The van der Waals surface area contributed by atoms with Gasteiger partial charge in [0.15, 0.2) is 0 Å². The van der Waals surface area contributed by atoms with Crippen molar-refractivity contribution in [1.82, 2.24) is 9.21 Å². The van der Waals surface area contributed by atoms with Gasteiger partial charge in [-0.3, -0.25) is 9.59 Å². The van der Waals surface area contributed by atoms with Gasteiger partial charge in [0.25, 0.3) is 0 Å². The normalized spacial score (nSPS) is 25.5. The molecule has 3 heterocycles. The van der Waals surface area contributed by atoms with Crippen molar-refractivity contribution in [1.29, 1.82) is 0 Å². The molecule has 8 nitrogen and oxygen atoms in total. The number of hydrogen-bond donors (Lipinski definition) is 0. The lowest BCUT2D eigenvalue weighted by Gasteiger charge is -2.34. The third-order valence-electron chi connectivity index (χ3n) is 5.40. The van der Waals surface area contributed by atoms with Crippen molar-refractivity contribution in [2.45, 2.75) is 30.2 Å². The SMILES string of the molecule is O=C(CN1C(=O)C2CCCCN2S(=O)(=O)c2ccccc21)N1CCOCC1. The smallest absolute Gasteiger partial charge is 0.245 e. The van der Waals surface area contributed by atoms with Gasteiger partial charge in [-0.15, -0.1) is 0 Å². The number of rotatable bonds is 2. The second kappa shape index (κ2) is 7.21. The van der Waals surface area contributed by atoms with E-state index in [2.05, 4.69) is 0 Å². The fourth-order valence-corrected chi connectivity index (χ4v) is 5.82. The second-order valence-corrected chi connectivity index (χ2v) is 8.87. The van der Waals surface area contributed by atoms with Crippen LogP contribution in [0.25, 0.3) is 0 Å². The van der Waals surface area contributed by atoms with Gasteiger partial charge in [-0.1, -0.05) is 18.6 Å². The minimum atomic E-state index is -3.78. The molecule has 0 aromatic heterocycles. The highest BCUT2D eigenvalue weighted by Crippen LogP contribution is 2.36. The van der Waals surface area contributed by atoms with Gasteiger partial charge >= 0.3 is 0 Å². The van der Waals surface area contributed by atoms with E-state index in [4.69, 9.17) is 4.74 Å². The number of anilines is 1. The average Bonchev–Trinajstić information content (AvgIpc) is 2.77. The average molecular weight is 393 g/mol. The van der Waals surface area contributed by atoms with Crippen LogP contribution in [-0.2, 0) is 24.3 Å². The standard InChI is InChI=1S/C18H23N3O5S/c22-17(19-9-11-26-12-10-19)13-20-14-5-1-2-7-16(14)27(24,25)21-8-4-3-6-15(21)18(20)23/h1-2,5,7,15H,3-4,6,8-13H2. The minimum Gasteiger partial charge on any atom is -0.378 e. The summed E-state index contributed by atoms with van der Waals surface area (Å²) in [5, 5.41) is 0. The number of para-hydroxylation sites is 1. The number of hydrogen-bond acceptors (Lipinski definition) is 5. The Hall–Kier alpha value is -1.97. The molecule has 3 aliphatic rings. The van der Waals surface area contributed by atoms with E-state index in [0.717, 1.165) is 12.8 Å². The number of carbonyl (C=O) groups excluding carboxylic acids is 2. The fourth-order valence-electron chi connectivity index (χ4n) is 3.97. The van der Waals surface area contributed by atoms with Crippen LogP contribution >= 0.6 is 0 Å². The van der Waals surface area contributed by atoms with Gasteiger partial charge in [0.2, 0.25) is 21.8 Å². The summed E-state index contributed by atoms with van der Waals surface area (Å²) in [5.74, 6) is -0.507. The highest BCUT2D eigenvalue weighted by molar-refractivity contribution is 7.89. The molecule has 0 spiro atoms. The number of amides is 2. The zero-order valence-corrected chi connectivity index (χ0v) is 15.9. The number of nitrogens with zero attached hydrogens (tertiary/aromatic N) is 3. The Bertz CT molecular complexity index is 850. The quantitative estimate of drug-likeness (QED) is 0.727. The van der Waals surface area contributed by atoms with E-state index < -0.39 is 16.1 Å². The third kappa shape index (κ3) is 3.24. The van der Waals surface area contributed by atoms with Gasteiger partial charge < -0.3 is 14.5 Å². The van der Waals surface area contributed by atoms with Crippen LogP contribution in [0.4, 0.5) is 5.69 Å². The van der Waals surface area contributed by atoms with E-state index in [0.29, 0.717) is 45.0 Å². The minimum absolute atomic E-state index is 0.0949. The monoisotopic (exact) mass is 393 g/mol. The van der Waals surface area contributed by atoms with Crippen molar-refractivity contribution in [3.05, 3.63) is 24.3 Å². The van der Waals surface area contributed by atoms with Crippen LogP contribution in [0.2, 0.25) is 0 Å². The molecule has 1 aromatic carbocycles. The Morgan fingerprint density at radius 2 is 1.85 bits per heavy atom. The van der Waals surface area contributed by atoms with Gasteiger partial charge in [-0.25, -0.2) is 8.42 Å². The van der Waals surface area contributed by atoms with Crippen molar-refractivity contribution in [2.24, 2.45) is 0 Å². The Balaban J connectivity index is 1.73. The molecule has 146 valence electrons. The van der Waals surface area contributed by atoms with Crippen LogP contribution < -0.4 is 4.90 Å². The highest BCUT2D eigenvalue weighted by Gasteiger charge is 2.45. The highest BCUT2D eigenvalue weighted by atomic mass is 32.2. The number of sulfonamides is 1. The summed E-state index contributed by atoms with van der Waals surface area (Å²) >= 11 is 0. The lowest BCUT2D eigenvalue weighted by molar-refractivity contribution is -0.135. The summed E-state index contributed by atoms with van der Waals surface area (Å²) in [5.41, 5.74) is 0.290. The molecular formula is C18H23N3O5S. The first kappa shape index (κ1) is 18.4. The van der Waals surface area contributed by atoms with Crippen molar-refractivity contribution >= 4 is 27.5 Å². The zero-order chi connectivity index (χ0) is 19.0. The van der Waals surface area contributed by atoms with Gasteiger partial charge in [-0.2, -0.15) is 4.31 Å². The molecule has 1 atom stereocenters. The Kier molecular flexibility index (Phi) is 4.92. The molecule has 0 bridgehead atoms. The van der Waals surface area contributed by atoms with Crippen LogP contribution in [-0.4, -0.2) is 74.9 Å². The summed E-state index contributed by atoms with van der Waals surface area (Å²) < 4.78 is 32.9. The predicted molar refractivity (Wildman–Crippen MR) is 97.7 cm³/mol. The summed E-state index contributed by atoms with van der Waals surface area (Å²) in [4.78, 5) is 29.2. The molecule has 4 rings (SSSR count). The molecular weight excluding hydrogens is 370 g/mol. The molecule has 3 aliphatic heterocycles. The molecule has 0 N–H and O–H groups in total. The van der Waals surface area contributed by atoms with Crippen LogP contribution in [0, 0.1) is 0 Å². The molecule has 0 saturated carbocycles.